The van der Waals surface area contributed by atoms with Crippen LogP contribution in [0.4, 0.5) is 0 Å². The number of nitrogens with one attached hydrogen (secondary N) is 1. The van der Waals surface area contributed by atoms with Gasteiger partial charge >= 0.3 is 0 Å². The molecule has 0 bridgehead atoms. The Balaban J connectivity index is 1.37. The van der Waals surface area contributed by atoms with Crippen LogP contribution in [-0.2, 0) is 9.53 Å². The van der Waals surface area contributed by atoms with E-state index < -0.39 is 0 Å². The molecule has 0 aliphatic carbocycles. The third-order valence-corrected chi connectivity index (χ3v) is 5.26. The Kier molecular flexibility index (Phi) is 4.94. The molecule has 0 radical (unpaired) electrons. The van der Waals surface area contributed by atoms with E-state index in [-0.39, 0.29) is 0 Å². The van der Waals surface area contributed by atoms with E-state index in [4.69, 9.17) is 4.74 Å². The van der Waals surface area contributed by atoms with E-state index in [1.807, 2.05) is 0 Å². The average molecular weight is 280 g/mol. The molecule has 3 heterocycles. The highest BCUT2D eigenvalue weighted by Crippen LogP contribution is 2.26. The number of rotatable bonds is 4. The molecule has 0 aromatic rings. The highest BCUT2D eigenvalue weighted by Gasteiger charge is 2.30. The van der Waals surface area contributed by atoms with Crippen LogP contribution in [0, 0.1) is 5.92 Å². The Hall–Kier alpha value is -0.610. The monoisotopic (exact) mass is 280 g/mol. The normalized spacial score (nSPS) is 31.9. The van der Waals surface area contributed by atoms with Crippen LogP contribution >= 0.6 is 0 Å². The summed E-state index contributed by atoms with van der Waals surface area (Å²) in [6.07, 6.45) is 9.27. The minimum atomic E-state index is 0.346. The van der Waals surface area contributed by atoms with Gasteiger partial charge in [-0.05, 0) is 57.4 Å². The highest BCUT2D eigenvalue weighted by molar-refractivity contribution is 5.76. The van der Waals surface area contributed by atoms with Gasteiger partial charge in [-0.1, -0.05) is 0 Å². The van der Waals surface area contributed by atoms with Gasteiger partial charge in [-0.15, -0.1) is 0 Å². The van der Waals surface area contributed by atoms with E-state index in [9.17, 15) is 4.79 Å². The number of amides is 1. The SMILES string of the molecule is O=C(CCC1CCCO1)N1CCC(C2CCCN2)CC1. The van der Waals surface area contributed by atoms with Gasteiger partial charge in [0.15, 0.2) is 0 Å². The fourth-order valence-corrected chi connectivity index (χ4v) is 3.98. The third kappa shape index (κ3) is 3.53. The predicted octanol–water partition coefficient (Wildman–Crippen LogP) is 1.94. The predicted molar refractivity (Wildman–Crippen MR) is 78.5 cm³/mol. The maximum Gasteiger partial charge on any atom is 0.222 e. The standard InChI is InChI=1S/C16H28N2O2/c19-16(6-5-14-3-2-12-20-14)18-10-7-13(8-11-18)15-4-1-9-17-15/h13-15,17H,1-12H2. The van der Waals surface area contributed by atoms with E-state index in [0.29, 0.717) is 18.4 Å². The number of carbonyl (C=O) groups excluding carboxylic acids is 1. The van der Waals surface area contributed by atoms with Crippen molar-refractivity contribution in [1.29, 1.82) is 0 Å². The number of carbonyl (C=O) groups is 1. The van der Waals surface area contributed by atoms with Crippen LogP contribution in [0.2, 0.25) is 0 Å². The maximum atomic E-state index is 12.2. The van der Waals surface area contributed by atoms with Crippen LogP contribution in [0.5, 0.6) is 0 Å². The largest absolute Gasteiger partial charge is 0.378 e. The molecule has 1 amide bonds. The molecular weight excluding hydrogens is 252 g/mol. The summed E-state index contributed by atoms with van der Waals surface area (Å²) in [5.41, 5.74) is 0. The molecule has 3 rings (SSSR count). The summed E-state index contributed by atoms with van der Waals surface area (Å²) in [4.78, 5) is 14.3. The summed E-state index contributed by atoms with van der Waals surface area (Å²) in [5.74, 6) is 1.14. The molecule has 0 aromatic heterocycles. The molecule has 2 unspecified atom stereocenters. The first-order valence-electron chi connectivity index (χ1n) is 8.45. The van der Waals surface area contributed by atoms with Crippen molar-refractivity contribution in [2.24, 2.45) is 5.92 Å². The minimum absolute atomic E-state index is 0.346. The molecule has 2 atom stereocenters. The van der Waals surface area contributed by atoms with Gasteiger partial charge in [0.25, 0.3) is 0 Å². The fourth-order valence-electron chi connectivity index (χ4n) is 3.98. The zero-order valence-electron chi connectivity index (χ0n) is 12.5. The summed E-state index contributed by atoms with van der Waals surface area (Å²) >= 11 is 0. The molecule has 1 N–H and O–H groups in total. The van der Waals surface area contributed by atoms with E-state index in [0.717, 1.165) is 44.5 Å². The Morgan fingerprint density at radius 2 is 2.00 bits per heavy atom. The second-order valence-electron chi connectivity index (χ2n) is 6.59. The van der Waals surface area contributed by atoms with Gasteiger partial charge in [-0.3, -0.25) is 4.79 Å². The molecule has 0 spiro atoms. The lowest BCUT2D eigenvalue weighted by atomic mass is 9.88. The molecule has 0 saturated carbocycles. The zero-order valence-corrected chi connectivity index (χ0v) is 12.5. The minimum Gasteiger partial charge on any atom is -0.378 e. The number of likely N-dealkylation sites (tertiary alicyclic amines) is 1. The second-order valence-corrected chi connectivity index (χ2v) is 6.59. The molecule has 20 heavy (non-hydrogen) atoms. The number of piperidine rings is 1. The van der Waals surface area contributed by atoms with E-state index in [1.165, 1.54) is 38.6 Å². The molecule has 3 aliphatic heterocycles. The lowest BCUT2D eigenvalue weighted by Gasteiger charge is -2.35. The fraction of sp³-hybridized carbons (Fsp3) is 0.938. The topological polar surface area (TPSA) is 41.6 Å². The van der Waals surface area contributed by atoms with Gasteiger partial charge in [0.1, 0.15) is 0 Å². The van der Waals surface area contributed by atoms with Crippen LogP contribution in [0.25, 0.3) is 0 Å². The molecule has 3 fully saturated rings. The lowest BCUT2D eigenvalue weighted by molar-refractivity contribution is -0.133. The smallest absolute Gasteiger partial charge is 0.222 e. The summed E-state index contributed by atoms with van der Waals surface area (Å²) in [7, 11) is 0. The number of ether oxygens (including phenoxy) is 1. The van der Waals surface area contributed by atoms with Crippen LogP contribution in [0.3, 0.4) is 0 Å². The van der Waals surface area contributed by atoms with Gasteiger partial charge in [-0.25, -0.2) is 0 Å². The van der Waals surface area contributed by atoms with Crippen LogP contribution < -0.4 is 5.32 Å². The van der Waals surface area contributed by atoms with E-state index >= 15 is 0 Å². The molecule has 4 heteroatoms. The van der Waals surface area contributed by atoms with Gasteiger partial charge in [0, 0.05) is 32.2 Å². The summed E-state index contributed by atoms with van der Waals surface area (Å²) in [6, 6.07) is 0.721. The number of hydrogen-bond donors (Lipinski definition) is 1. The van der Waals surface area contributed by atoms with Crippen LogP contribution in [0.15, 0.2) is 0 Å². The second kappa shape index (κ2) is 6.90. The number of hydrogen-bond acceptors (Lipinski definition) is 3. The zero-order chi connectivity index (χ0) is 13.8. The quantitative estimate of drug-likeness (QED) is 0.855. The molecule has 3 aliphatic rings. The third-order valence-electron chi connectivity index (χ3n) is 5.26. The Labute approximate surface area is 122 Å². The summed E-state index contributed by atoms with van der Waals surface area (Å²) in [6.45, 7) is 4.00. The van der Waals surface area contributed by atoms with Crippen molar-refractivity contribution in [3.8, 4) is 0 Å². The Bertz CT molecular complexity index is 314. The lowest BCUT2D eigenvalue weighted by Crippen LogP contribution is -2.43. The molecule has 3 saturated heterocycles. The molecular formula is C16H28N2O2. The van der Waals surface area contributed by atoms with Crippen molar-refractivity contribution < 1.29 is 9.53 Å². The first-order valence-corrected chi connectivity index (χ1v) is 8.45. The maximum absolute atomic E-state index is 12.2. The van der Waals surface area contributed by atoms with Crippen molar-refractivity contribution in [2.45, 2.75) is 63.5 Å². The van der Waals surface area contributed by atoms with Gasteiger partial charge < -0.3 is 15.0 Å². The van der Waals surface area contributed by atoms with Gasteiger partial charge in [0.2, 0.25) is 5.91 Å². The van der Waals surface area contributed by atoms with Gasteiger partial charge in [-0.2, -0.15) is 0 Å². The molecule has 4 nitrogen and oxygen atoms in total. The van der Waals surface area contributed by atoms with Crippen LogP contribution in [0.1, 0.15) is 51.4 Å². The first-order chi connectivity index (χ1) is 9.83. The molecule has 0 aromatic carbocycles. The van der Waals surface area contributed by atoms with Crippen molar-refractivity contribution in [3.05, 3.63) is 0 Å². The Morgan fingerprint density at radius 3 is 2.65 bits per heavy atom. The van der Waals surface area contributed by atoms with Crippen molar-refractivity contribution in [1.82, 2.24) is 10.2 Å². The van der Waals surface area contributed by atoms with Gasteiger partial charge in [0.05, 0.1) is 6.10 Å². The Morgan fingerprint density at radius 1 is 1.15 bits per heavy atom. The highest BCUT2D eigenvalue weighted by atomic mass is 16.5. The van der Waals surface area contributed by atoms with Crippen molar-refractivity contribution >= 4 is 5.91 Å². The van der Waals surface area contributed by atoms with E-state index in [1.54, 1.807) is 0 Å². The van der Waals surface area contributed by atoms with E-state index in [2.05, 4.69) is 10.2 Å². The van der Waals surface area contributed by atoms with Crippen molar-refractivity contribution in [2.75, 3.05) is 26.2 Å². The van der Waals surface area contributed by atoms with Crippen LogP contribution in [-0.4, -0.2) is 49.2 Å². The first kappa shape index (κ1) is 14.3. The summed E-state index contributed by atoms with van der Waals surface area (Å²) in [5, 5.41) is 3.61. The average Bonchev–Trinajstić information content (AvgIpc) is 3.18. The number of nitrogens with zero attached hydrogens (tertiary/aromatic N) is 1. The molecule has 114 valence electrons. The van der Waals surface area contributed by atoms with Crippen molar-refractivity contribution in [3.63, 3.8) is 0 Å². The summed E-state index contributed by atoms with van der Waals surface area (Å²) < 4.78 is 5.60.